The van der Waals surface area contributed by atoms with Gasteiger partial charge in [0.05, 0.1) is 13.2 Å². The van der Waals surface area contributed by atoms with Crippen molar-refractivity contribution in [2.75, 3.05) is 7.11 Å². The molecule has 3 aliphatic carbocycles. The summed E-state index contributed by atoms with van der Waals surface area (Å²) in [6.07, 6.45) is 11.8. The lowest BCUT2D eigenvalue weighted by molar-refractivity contribution is -0.0226. The van der Waals surface area contributed by atoms with Crippen LogP contribution in [0.4, 0.5) is 0 Å². The topological polar surface area (TPSA) is 38.7 Å². The Morgan fingerprint density at radius 1 is 1.17 bits per heavy atom. The Balaban J connectivity index is 1.59. The van der Waals surface area contributed by atoms with Crippen LogP contribution in [0.1, 0.15) is 56.1 Å². The Kier molecular flexibility index (Phi) is 3.96. The number of benzene rings is 1. The van der Waals surface area contributed by atoms with Crippen molar-refractivity contribution in [3.8, 4) is 18.0 Å². The van der Waals surface area contributed by atoms with Gasteiger partial charge < -0.3 is 14.6 Å². The second-order valence-electron chi connectivity index (χ2n) is 7.92. The second-order valence-corrected chi connectivity index (χ2v) is 7.92. The minimum atomic E-state index is -0.0972. The van der Waals surface area contributed by atoms with Crippen LogP contribution in [0.15, 0.2) is 18.2 Å². The summed E-state index contributed by atoms with van der Waals surface area (Å²) in [5.41, 5.74) is 3.06. The summed E-state index contributed by atoms with van der Waals surface area (Å²) in [6, 6.07) is 6.42. The summed E-state index contributed by atoms with van der Waals surface area (Å²) in [4.78, 5) is 0. The maximum Gasteiger partial charge on any atom is 0.161 e. The Labute approximate surface area is 144 Å². The SMILES string of the molecule is COC#COc1ccc2c(c1)CC[C@@H]1[C@@H]2CC[C@]2(C)[C@@H](O)CC[C@@H]12. The lowest BCUT2D eigenvalue weighted by atomic mass is 9.55. The zero-order valence-electron chi connectivity index (χ0n) is 14.5. The summed E-state index contributed by atoms with van der Waals surface area (Å²) in [5.74, 6) is 2.86. The lowest BCUT2D eigenvalue weighted by Crippen LogP contribution is -2.43. The average molecular weight is 326 g/mol. The molecule has 0 bridgehead atoms. The Bertz CT molecular complexity index is 686. The first-order valence-electron chi connectivity index (χ1n) is 9.14. The minimum absolute atomic E-state index is 0.0972. The zero-order valence-corrected chi connectivity index (χ0v) is 14.5. The molecule has 128 valence electrons. The molecule has 0 amide bonds. The van der Waals surface area contributed by atoms with E-state index < -0.39 is 0 Å². The van der Waals surface area contributed by atoms with E-state index in [9.17, 15) is 5.11 Å². The molecular formula is C21H26O3. The number of hydrogen-bond donors (Lipinski definition) is 1. The number of aryl methyl sites for hydroxylation is 1. The van der Waals surface area contributed by atoms with Crippen molar-refractivity contribution in [2.24, 2.45) is 17.3 Å². The normalized spacial score (nSPS) is 36.6. The van der Waals surface area contributed by atoms with Crippen molar-refractivity contribution in [3.63, 3.8) is 0 Å². The van der Waals surface area contributed by atoms with Gasteiger partial charge in [0.1, 0.15) is 5.75 Å². The van der Waals surface area contributed by atoms with E-state index in [4.69, 9.17) is 9.47 Å². The molecule has 0 aromatic heterocycles. The fraction of sp³-hybridized carbons (Fsp3) is 0.619. The largest absolute Gasteiger partial charge is 0.448 e. The molecule has 2 fully saturated rings. The van der Waals surface area contributed by atoms with Crippen LogP contribution in [0, 0.1) is 29.5 Å². The molecule has 0 unspecified atom stereocenters. The predicted octanol–water partition coefficient (Wildman–Crippen LogP) is 3.85. The molecule has 24 heavy (non-hydrogen) atoms. The van der Waals surface area contributed by atoms with Crippen LogP contribution in [0.3, 0.4) is 0 Å². The number of aliphatic hydroxyl groups is 1. The fourth-order valence-electron chi connectivity index (χ4n) is 5.72. The third kappa shape index (κ3) is 2.40. The van der Waals surface area contributed by atoms with E-state index in [-0.39, 0.29) is 11.5 Å². The van der Waals surface area contributed by atoms with Crippen LogP contribution in [0.5, 0.6) is 5.75 Å². The number of hydrogen-bond acceptors (Lipinski definition) is 3. The van der Waals surface area contributed by atoms with Crippen molar-refractivity contribution >= 4 is 0 Å². The maximum absolute atomic E-state index is 10.5. The first-order chi connectivity index (χ1) is 11.6. The Morgan fingerprint density at radius 2 is 2.04 bits per heavy atom. The third-order valence-electron chi connectivity index (χ3n) is 6.96. The van der Waals surface area contributed by atoms with Gasteiger partial charge >= 0.3 is 0 Å². The molecule has 3 aliphatic rings. The van der Waals surface area contributed by atoms with E-state index in [1.54, 1.807) is 0 Å². The summed E-state index contributed by atoms with van der Waals surface area (Å²) in [7, 11) is 1.53. The molecule has 0 aliphatic heterocycles. The van der Waals surface area contributed by atoms with Crippen LogP contribution >= 0.6 is 0 Å². The Morgan fingerprint density at radius 3 is 2.88 bits per heavy atom. The number of fused-ring (bicyclic) bond motifs is 5. The van der Waals surface area contributed by atoms with Crippen LogP contribution in [0.2, 0.25) is 0 Å². The highest BCUT2D eigenvalue weighted by atomic mass is 16.5. The van der Waals surface area contributed by atoms with Crippen molar-refractivity contribution in [1.82, 2.24) is 0 Å². The van der Waals surface area contributed by atoms with Gasteiger partial charge in [0.2, 0.25) is 0 Å². The molecule has 5 atom stereocenters. The standard InChI is InChI=1S/C21H26O3/c1-21-10-9-17-16-6-4-15(24-12-11-23-2)13-14(16)3-5-18(17)19(21)7-8-20(21)22/h4,6,13,17-20,22H,3,5,7-10H2,1-2H3/t17-,18-,19+,20+,21+/m1/s1. The van der Waals surface area contributed by atoms with Crippen LogP contribution < -0.4 is 4.74 Å². The summed E-state index contributed by atoms with van der Waals surface area (Å²) < 4.78 is 10.1. The van der Waals surface area contributed by atoms with Crippen LogP contribution in [-0.2, 0) is 11.2 Å². The smallest absolute Gasteiger partial charge is 0.161 e. The van der Waals surface area contributed by atoms with Gasteiger partial charge in [-0.15, -0.1) is 0 Å². The molecule has 3 heteroatoms. The predicted molar refractivity (Wildman–Crippen MR) is 92.5 cm³/mol. The van der Waals surface area contributed by atoms with E-state index in [1.807, 2.05) is 6.07 Å². The second kappa shape index (κ2) is 6.01. The quantitative estimate of drug-likeness (QED) is 0.797. The molecule has 0 heterocycles. The molecule has 0 spiro atoms. The van der Waals surface area contributed by atoms with E-state index >= 15 is 0 Å². The van der Waals surface area contributed by atoms with E-state index in [0.717, 1.165) is 30.9 Å². The summed E-state index contributed by atoms with van der Waals surface area (Å²) >= 11 is 0. The summed E-state index contributed by atoms with van der Waals surface area (Å²) in [6.45, 7) is 2.33. The van der Waals surface area contributed by atoms with E-state index in [1.165, 1.54) is 37.5 Å². The van der Waals surface area contributed by atoms with Gasteiger partial charge in [-0.05, 0) is 85.0 Å². The maximum atomic E-state index is 10.5. The first-order valence-corrected chi connectivity index (χ1v) is 9.14. The molecule has 0 saturated heterocycles. The summed E-state index contributed by atoms with van der Waals surface area (Å²) in [5, 5.41) is 10.5. The van der Waals surface area contributed by atoms with Crippen molar-refractivity contribution in [2.45, 2.75) is 57.5 Å². The van der Waals surface area contributed by atoms with Gasteiger partial charge in [0.25, 0.3) is 0 Å². The molecular weight excluding hydrogens is 300 g/mol. The number of aliphatic hydroxyl groups excluding tert-OH is 1. The molecule has 1 aromatic carbocycles. The van der Waals surface area contributed by atoms with Crippen LogP contribution in [-0.4, -0.2) is 18.3 Å². The lowest BCUT2D eigenvalue weighted by Gasteiger charge is -2.50. The fourth-order valence-corrected chi connectivity index (χ4v) is 5.72. The van der Waals surface area contributed by atoms with E-state index in [2.05, 4.69) is 31.3 Å². The van der Waals surface area contributed by atoms with Gasteiger partial charge in [-0.25, -0.2) is 0 Å². The molecule has 1 N–H and O–H groups in total. The third-order valence-corrected chi connectivity index (χ3v) is 6.96. The molecule has 0 radical (unpaired) electrons. The molecule has 2 saturated carbocycles. The highest BCUT2D eigenvalue weighted by molar-refractivity contribution is 5.41. The van der Waals surface area contributed by atoms with Gasteiger partial charge in [0, 0.05) is 0 Å². The number of methoxy groups -OCH3 is 1. The van der Waals surface area contributed by atoms with Gasteiger partial charge in [-0.2, -0.15) is 0 Å². The van der Waals surface area contributed by atoms with Gasteiger partial charge in [-0.3, -0.25) is 0 Å². The van der Waals surface area contributed by atoms with Gasteiger partial charge in [0.15, 0.2) is 12.2 Å². The van der Waals surface area contributed by atoms with Crippen molar-refractivity contribution in [1.29, 1.82) is 0 Å². The monoisotopic (exact) mass is 326 g/mol. The van der Waals surface area contributed by atoms with Crippen molar-refractivity contribution in [3.05, 3.63) is 29.3 Å². The highest BCUT2D eigenvalue weighted by Gasteiger charge is 2.54. The molecule has 1 aromatic rings. The van der Waals surface area contributed by atoms with Crippen LogP contribution in [0.25, 0.3) is 0 Å². The Hall–Kier alpha value is -1.66. The average Bonchev–Trinajstić information content (AvgIpc) is 2.90. The minimum Gasteiger partial charge on any atom is -0.448 e. The number of ether oxygens (including phenoxy) is 2. The van der Waals surface area contributed by atoms with Gasteiger partial charge in [-0.1, -0.05) is 13.0 Å². The van der Waals surface area contributed by atoms with E-state index in [0.29, 0.717) is 11.8 Å². The first kappa shape index (κ1) is 15.8. The zero-order chi connectivity index (χ0) is 16.7. The number of rotatable bonds is 1. The highest BCUT2D eigenvalue weighted by Crippen LogP contribution is 2.60. The van der Waals surface area contributed by atoms with Crippen molar-refractivity contribution < 1.29 is 14.6 Å². The molecule has 4 rings (SSSR count). The molecule has 3 nitrogen and oxygen atoms in total.